The number of likely N-dealkylation sites (tertiary alicyclic amines) is 1. The fourth-order valence-electron chi connectivity index (χ4n) is 7.83. The smallest absolute Gasteiger partial charge is 0.230 e. The number of carbonyl (C=O) groups is 3. The SMILES string of the molecule is CN1CCC(Nc2cc(-c3ccoc3)c3c(c2O)C(O)=C2C(=O)[C@@]4(O)C(=O)C(C(N)=O)C(O)[C@H](N(C)C)[C@H]4C[C@H]2C3)CC1. The van der Waals surface area contributed by atoms with Gasteiger partial charge in [0.1, 0.15) is 17.4 Å². The van der Waals surface area contributed by atoms with Gasteiger partial charge in [0, 0.05) is 29.1 Å². The number of likely N-dealkylation sites (N-methyl/N-ethyl adjacent to an activating group) is 1. The first-order valence-electron chi connectivity index (χ1n) is 14.6. The second-order valence-corrected chi connectivity index (χ2v) is 12.7. The summed E-state index contributed by atoms with van der Waals surface area (Å²) in [6, 6.07) is 2.72. The van der Waals surface area contributed by atoms with Gasteiger partial charge in [-0.3, -0.25) is 14.4 Å². The molecule has 2 unspecified atom stereocenters. The molecule has 12 nitrogen and oxygen atoms in total. The van der Waals surface area contributed by atoms with Gasteiger partial charge in [-0.2, -0.15) is 0 Å². The number of nitrogens with zero attached hydrogens (tertiary/aromatic N) is 2. The largest absolute Gasteiger partial charge is 0.507 e. The summed E-state index contributed by atoms with van der Waals surface area (Å²) in [5.41, 5.74) is 5.04. The minimum absolute atomic E-state index is 0.0506. The van der Waals surface area contributed by atoms with E-state index in [9.17, 15) is 34.8 Å². The van der Waals surface area contributed by atoms with Gasteiger partial charge in [-0.05, 0) is 89.1 Å². The lowest BCUT2D eigenvalue weighted by molar-refractivity contribution is -0.184. The third-order valence-electron chi connectivity index (χ3n) is 10.00. The number of primary amides is 1. The maximum Gasteiger partial charge on any atom is 0.230 e. The normalized spacial score (nSPS) is 31.5. The highest BCUT2D eigenvalue weighted by Gasteiger charge is 2.67. The summed E-state index contributed by atoms with van der Waals surface area (Å²) in [4.78, 5) is 43.9. The lowest BCUT2D eigenvalue weighted by Gasteiger charge is -2.53. The number of fused-ring (bicyclic) bond motifs is 3. The maximum atomic E-state index is 14.2. The standard InChI is InChI=1S/C31H38N4O8/c1-34(2)24-19-11-15-10-18-17(14-6-9-43-13-14)12-20(33-16-4-7-35(3)8-5-16)25(36)22(18)26(37)21(15)28(39)31(19,42)29(40)23(27(24)38)30(32)41/h6,9,12-13,15-16,19,23-24,27,33,36-38,42H,4-5,7-8,10-11H2,1-3H3,(H2,32,41)/t15-,19-,23?,24-,27?,31-/m1/s1. The molecule has 1 aliphatic heterocycles. The van der Waals surface area contributed by atoms with Crippen LogP contribution in [0.3, 0.4) is 0 Å². The minimum Gasteiger partial charge on any atom is -0.507 e. The number of carbonyl (C=O) groups excluding carboxylic acids is 3. The number of hydrogen-bond donors (Lipinski definition) is 6. The Balaban J connectivity index is 1.50. The van der Waals surface area contributed by atoms with E-state index in [4.69, 9.17) is 10.2 Å². The van der Waals surface area contributed by atoms with Gasteiger partial charge >= 0.3 is 0 Å². The van der Waals surface area contributed by atoms with E-state index in [-0.39, 0.29) is 35.8 Å². The summed E-state index contributed by atoms with van der Waals surface area (Å²) >= 11 is 0. The first-order chi connectivity index (χ1) is 20.4. The van der Waals surface area contributed by atoms with Crippen molar-refractivity contribution in [3.05, 3.63) is 41.4 Å². The number of phenolic OH excluding ortho intramolecular Hbond substituents is 1. The van der Waals surface area contributed by atoms with E-state index in [0.29, 0.717) is 16.8 Å². The summed E-state index contributed by atoms with van der Waals surface area (Å²) in [7, 11) is 5.30. The van der Waals surface area contributed by atoms with Crippen LogP contribution in [0.4, 0.5) is 5.69 Å². The molecule has 7 N–H and O–H groups in total. The molecule has 230 valence electrons. The van der Waals surface area contributed by atoms with E-state index in [1.165, 1.54) is 6.26 Å². The number of ketones is 2. The fraction of sp³-hybridized carbons (Fsp3) is 0.516. The average molecular weight is 595 g/mol. The number of aliphatic hydroxyl groups is 3. The first kappa shape index (κ1) is 29.4. The van der Waals surface area contributed by atoms with Crippen LogP contribution in [-0.4, -0.2) is 106 Å². The van der Waals surface area contributed by atoms with Crippen molar-refractivity contribution in [2.75, 3.05) is 39.5 Å². The molecule has 12 heteroatoms. The molecule has 0 radical (unpaired) electrons. The highest BCUT2D eigenvalue weighted by molar-refractivity contribution is 6.25. The van der Waals surface area contributed by atoms with Gasteiger partial charge in [0.2, 0.25) is 11.7 Å². The molecule has 43 heavy (non-hydrogen) atoms. The number of furan rings is 1. The number of nitrogens with two attached hydrogens (primary N) is 1. The predicted octanol–water partition coefficient (Wildman–Crippen LogP) is 0.895. The van der Waals surface area contributed by atoms with Crippen LogP contribution in [0.5, 0.6) is 5.75 Å². The maximum absolute atomic E-state index is 14.2. The molecule has 1 saturated heterocycles. The molecule has 1 aromatic heterocycles. The number of piperidine rings is 1. The van der Waals surface area contributed by atoms with Crippen LogP contribution in [0.2, 0.25) is 0 Å². The molecule has 4 aliphatic rings. The van der Waals surface area contributed by atoms with E-state index in [0.717, 1.165) is 31.5 Å². The fourth-order valence-corrected chi connectivity index (χ4v) is 7.83. The Morgan fingerprint density at radius 2 is 1.91 bits per heavy atom. The van der Waals surface area contributed by atoms with Gasteiger partial charge < -0.3 is 45.7 Å². The molecule has 6 rings (SSSR count). The van der Waals surface area contributed by atoms with Crippen molar-refractivity contribution in [1.29, 1.82) is 0 Å². The molecule has 0 spiro atoms. The highest BCUT2D eigenvalue weighted by atomic mass is 16.3. The van der Waals surface area contributed by atoms with Gasteiger partial charge in [0.05, 0.1) is 29.9 Å². The van der Waals surface area contributed by atoms with Crippen molar-refractivity contribution >= 4 is 28.9 Å². The van der Waals surface area contributed by atoms with E-state index in [1.807, 2.05) is 13.1 Å². The predicted molar refractivity (Wildman–Crippen MR) is 156 cm³/mol. The van der Waals surface area contributed by atoms with Crippen LogP contribution in [0.25, 0.3) is 16.9 Å². The van der Waals surface area contributed by atoms with Gasteiger partial charge in [-0.15, -0.1) is 0 Å². The number of benzene rings is 1. The number of hydrogen-bond acceptors (Lipinski definition) is 11. The van der Waals surface area contributed by atoms with Crippen molar-refractivity contribution < 1.29 is 39.2 Å². The molecular formula is C31H38N4O8. The van der Waals surface area contributed by atoms with Gasteiger partial charge in [0.15, 0.2) is 11.4 Å². The topological polar surface area (TPSA) is 190 Å². The zero-order valence-corrected chi connectivity index (χ0v) is 24.4. The summed E-state index contributed by atoms with van der Waals surface area (Å²) in [5, 5.41) is 49.7. The monoisotopic (exact) mass is 594 g/mol. The Morgan fingerprint density at radius 3 is 2.51 bits per heavy atom. The number of aliphatic hydroxyl groups excluding tert-OH is 2. The Labute approximate surface area is 248 Å². The Hall–Kier alpha value is -3.71. The van der Waals surface area contributed by atoms with E-state index in [1.54, 1.807) is 31.3 Å². The highest BCUT2D eigenvalue weighted by Crippen LogP contribution is 2.54. The van der Waals surface area contributed by atoms with Crippen LogP contribution < -0.4 is 11.1 Å². The van der Waals surface area contributed by atoms with Crippen molar-refractivity contribution in [3.63, 3.8) is 0 Å². The zero-order chi connectivity index (χ0) is 31.0. The average Bonchev–Trinajstić information content (AvgIpc) is 3.48. The van der Waals surface area contributed by atoms with Gasteiger partial charge in [-0.25, -0.2) is 0 Å². The van der Waals surface area contributed by atoms with E-state index in [2.05, 4.69) is 10.2 Å². The quantitative estimate of drug-likeness (QED) is 0.213. The second kappa shape index (κ2) is 10.5. The number of aromatic hydroxyl groups is 1. The number of Topliss-reactive ketones (excluding diaryl/α,β-unsaturated/α-hetero) is 2. The van der Waals surface area contributed by atoms with E-state index < -0.39 is 58.7 Å². The molecule has 1 aromatic carbocycles. The number of phenols is 1. The lowest BCUT2D eigenvalue weighted by atomic mass is 9.54. The molecule has 6 atom stereocenters. The number of amides is 1. The molecule has 2 saturated carbocycles. The lowest BCUT2D eigenvalue weighted by Crippen LogP contribution is -2.73. The summed E-state index contributed by atoms with van der Waals surface area (Å²) in [6.07, 6.45) is 3.51. The van der Waals surface area contributed by atoms with Gasteiger partial charge in [-0.1, -0.05) is 0 Å². The van der Waals surface area contributed by atoms with Crippen LogP contribution in [0.15, 0.2) is 34.6 Å². The van der Waals surface area contributed by atoms with E-state index >= 15 is 0 Å². The Kier molecular flexibility index (Phi) is 7.15. The first-order valence-corrected chi connectivity index (χ1v) is 14.6. The van der Waals surface area contributed by atoms with Crippen molar-refractivity contribution in [3.8, 4) is 16.9 Å². The summed E-state index contributed by atoms with van der Waals surface area (Å²) in [5.74, 6) is -7.64. The second-order valence-electron chi connectivity index (χ2n) is 12.7. The third kappa shape index (κ3) is 4.38. The summed E-state index contributed by atoms with van der Waals surface area (Å²) in [6.45, 7) is 1.76. The van der Waals surface area contributed by atoms with Crippen molar-refractivity contribution in [2.24, 2.45) is 23.5 Å². The van der Waals surface area contributed by atoms with Crippen molar-refractivity contribution in [2.45, 2.75) is 49.5 Å². The van der Waals surface area contributed by atoms with Crippen molar-refractivity contribution in [1.82, 2.24) is 9.80 Å². The molecule has 2 aromatic rings. The Morgan fingerprint density at radius 1 is 1.21 bits per heavy atom. The zero-order valence-electron chi connectivity index (χ0n) is 24.4. The Bertz CT molecular complexity index is 1510. The van der Waals surface area contributed by atoms with Crippen LogP contribution in [0.1, 0.15) is 30.4 Å². The molecule has 1 amide bonds. The molecule has 3 aliphatic carbocycles. The number of rotatable bonds is 5. The third-order valence-corrected chi connectivity index (χ3v) is 10.00. The summed E-state index contributed by atoms with van der Waals surface area (Å²) < 4.78 is 5.36. The molecule has 3 fully saturated rings. The van der Waals surface area contributed by atoms with Crippen LogP contribution >= 0.6 is 0 Å². The number of anilines is 1. The molecular weight excluding hydrogens is 556 g/mol. The van der Waals surface area contributed by atoms with Crippen LogP contribution in [0, 0.1) is 17.8 Å². The minimum atomic E-state index is -2.70. The van der Waals surface area contributed by atoms with Gasteiger partial charge in [0.25, 0.3) is 0 Å². The van der Waals surface area contributed by atoms with Crippen LogP contribution in [-0.2, 0) is 20.8 Å². The number of nitrogens with one attached hydrogen (secondary N) is 1. The molecule has 2 heterocycles. The molecule has 0 bridgehead atoms.